The maximum absolute atomic E-state index is 12.6. The minimum Gasteiger partial charge on any atom is -0.463 e. The van der Waals surface area contributed by atoms with Gasteiger partial charge in [-0.2, -0.15) is 5.26 Å². The van der Waals surface area contributed by atoms with Crippen LogP contribution in [-0.2, 0) is 9.53 Å². The van der Waals surface area contributed by atoms with Crippen molar-refractivity contribution in [3.63, 3.8) is 0 Å². The van der Waals surface area contributed by atoms with Crippen LogP contribution in [0.15, 0.2) is 50.9 Å². The van der Waals surface area contributed by atoms with Gasteiger partial charge >= 0.3 is 5.97 Å². The SMILES string of the molecule is CC1(C)CC(/C=C\c2coc3ccc(Cl)cc3c2=O)=C(C#N)C(=O)O1. The number of ether oxygens (including phenoxy) is 1. The first-order valence-electron chi connectivity index (χ1n) is 7.56. The van der Waals surface area contributed by atoms with E-state index >= 15 is 0 Å². The molecule has 0 aliphatic carbocycles. The van der Waals surface area contributed by atoms with Crippen LogP contribution in [0.3, 0.4) is 0 Å². The Morgan fingerprint density at radius 1 is 1.28 bits per heavy atom. The topological polar surface area (TPSA) is 80.3 Å². The molecule has 0 spiro atoms. The van der Waals surface area contributed by atoms with Crippen LogP contribution in [0.4, 0.5) is 0 Å². The first-order chi connectivity index (χ1) is 11.8. The molecule has 2 heterocycles. The molecule has 126 valence electrons. The van der Waals surface area contributed by atoms with Gasteiger partial charge in [0.25, 0.3) is 0 Å². The molecule has 0 atom stereocenters. The number of hydrogen-bond donors (Lipinski definition) is 0. The minimum absolute atomic E-state index is 0.0520. The second-order valence-corrected chi connectivity index (χ2v) is 6.77. The number of halogens is 1. The molecule has 1 aromatic heterocycles. The molecular weight excluding hydrogens is 342 g/mol. The van der Waals surface area contributed by atoms with Gasteiger partial charge in [-0.1, -0.05) is 17.7 Å². The summed E-state index contributed by atoms with van der Waals surface area (Å²) in [6.07, 6.45) is 4.84. The van der Waals surface area contributed by atoms with Crippen LogP contribution < -0.4 is 5.43 Å². The standard InChI is InChI=1S/C19H14ClNO4/c1-19(2)8-11(15(9-21)18(23)25-19)3-4-12-10-24-16-6-5-13(20)7-14(16)17(12)22/h3-7,10H,8H2,1-2H3/b4-3-. The number of esters is 1. The van der Waals surface area contributed by atoms with E-state index in [1.54, 1.807) is 38.1 Å². The number of allylic oxidation sites excluding steroid dienone is 1. The predicted molar refractivity (Wildman–Crippen MR) is 94.0 cm³/mol. The molecule has 5 nitrogen and oxygen atoms in total. The summed E-state index contributed by atoms with van der Waals surface area (Å²) >= 11 is 5.93. The predicted octanol–water partition coefficient (Wildman–Crippen LogP) is 4.01. The fourth-order valence-corrected chi connectivity index (χ4v) is 2.87. The molecule has 25 heavy (non-hydrogen) atoms. The van der Waals surface area contributed by atoms with Crippen molar-refractivity contribution in [3.05, 3.63) is 62.5 Å². The van der Waals surface area contributed by atoms with Crippen molar-refractivity contribution in [2.24, 2.45) is 0 Å². The zero-order chi connectivity index (χ0) is 18.2. The lowest BCUT2D eigenvalue weighted by Gasteiger charge is -2.30. The zero-order valence-electron chi connectivity index (χ0n) is 13.6. The van der Waals surface area contributed by atoms with Crippen LogP contribution in [0.2, 0.25) is 5.02 Å². The number of rotatable bonds is 2. The molecule has 0 amide bonds. The van der Waals surface area contributed by atoms with Crippen molar-refractivity contribution < 1.29 is 13.9 Å². The summed E-state index contributed by atoms with van der Waals surface area (Å²) in [5, 5.41) is 9.99. The summed E-state index contributed by atoms with van der Waals surface area (Å²) in [4.78, 5) is 24.5. The maximum Gasteiger partial charge on any atom is 0.349 e. The van der Waals surface area contributed by atoms with Crippen molar-refractivity contribution in [2.75, 3.05) is 0 Å². The van der Waals surface area contributed by atoms with Crippen molar-refractivity contribution in [1.29, 1.82) is 5.26 Å². The van der Waals surface area contributed by atoms with Crippen LogP contribution >= 0.6 is 11.6 Å². The van der Waals surface area contributed by atoms with Gasteiger partial charge in [0.2, 0.25) is 0 Å². The van der Waals surface area contributed by atoms with Crippen molar-refractivity contribution in [3.8, 4) is 6.07 Å². The monoisotopic (exact) mass is 355 g/mol. The fraction of sp³-hybridized carbons (Fsp3) is 0.211. The van der Waals surface area contributed by atoms with E-state index in [4.69, 9.17) is 20.8 Å². The number of hydrogen-bond acceptors (Lipinski definition) is 5. The average molecular weight is 356 g/mol. The van der Waals surface area contributed by atoms with E-state index in [2.05, 4.69) is 0 Å². The maximum atomic E-state index is 12.6. The third kappa shape index (κ3) is 3.35. The number of fused-ring (bicyclic) bond motifs is 1. The lowest BCUT2D eigenvalue weighted by atomic mass is 9.91. The Labute approximate surface area is 148 Å². The highest BCUT2D eigenvalue weighted by molar-refractivity contribution is 6.31. The quantitative estimate of drug-likeness (QED) is 0.760. The molecule has 0 fully saturated rings. The van der Waals surface area contributed by atoms with E-state index in [-0.39, 0.29) is 11.0 Å². The molecule has 1 aliphatic heterocycles. The van der Waals surface area contributed by atoms with Gasteiger partial charge in [0.1, 0.15) is 29.1 Å². The first-order valence-corrected chi connectivity index (χ1v) is 7.94. The molecule has 0 saturated carbocycles. The molecule has 0 saturated heterocycles. The van der Waals surface area contributed by atoms with Gasteiger partial charge in [0, 0.05) is 11.4 Å². The summed E-state index contributed by atoms with van der Waals surface area (Å²) in [5.74, 6) is -0.657. The summed E-state index contributed by atoms with van der Waals surface area (Å²) in [5.41, 5.74) is 0.260. The highest BCUT2D eigenvalue weighted by Gasteiger charge is 2.33. The summed E-state index contributed by atoms with van der Waals surface area (Å²) < 4.78 is 10.7. The molecular formula is C19H14ClNO4. The highest BCUT2D eigenvalue weighted by Crippen LogP contribution is 2.30. The number of nitriles is 1. The number of nitrogens with zero attached hydrogens (tertiary/aromatic N) is 1. The van der Waals surface area contributed by atoms with Crippen LogP contribution in [0.25, 0.3) is 17.0 Å². The van der Waals surface area contributed by atoms with Gasteiger partial charge in [-0.05, 0) is 43.7 Å². The average Bonchev–Trinajstić information content (AvgIpc) is 2.53. The van der Waals surface area contributed by atoms with E-state index in [0.29, 0.717) is 33.5 Å². The van der Waals surface area contributed by atoms with E-state index in [1.807, 2.05) is 6.07 Å². The van der Waals surface area contributed by atoms with Gasteiger partial charge in [-0.25, -0.2) is 4.79 Å². The third-order valence-corrected chi connectivity index (χ3v) is 4.08. The number of carbonyl (C=O) groups is 1. The number of carbonyl (C=O) groups excluding carboxylic acids is 1. The van der Waals surface area contributed by atoms with Crippen molar-refractivity contribution in [1.82, 2.24) is 0 Å². The van der Waals surface area contributed by atoms with Crippen LogP contribution in [0, 0.1) is 11.3 Å². The van der Waals surface area contributed by atoms with Gasteiger partial charge < -0.3 is 9.15 Å². The third-order valence-electron chi connectivity index (χ3n) is 3.85. The van der Waals surface area contributed by atoms with Crippen LogP contribution in [0.5, 0.6) is 0 Å². The molecule has 0 radical (unpaired) electrons. The minimum atomic E-state index is -0.710. The van der Waals surface area contributed by atoms with Gasteiger partial charge in [0.15, 0.2) is 5.43 Å². The summed E-state index contributed by atoms with van der Waals surface area (Å²) in [6, 6.07) is 6.68. The van der Waals surface area contributed by atoms with E-state index in [0.717, 1.165) is 0 Å². The summed E-state index contributed by atoms with van der Waals surface area (Å²) in [7, 11) is 0. The second kappa shape index (κ2) is 6.23. The first kappa shape index (κ1) is 17.0. The molecule has 1 aromatic carbocycles. The lowest BCUT2D eigenvalue weighted by molar-refractivity contribution is -0.152. The van der Waals surface area contributed by atoms with Crippen molar-refractivity contribution >= 4 is 34.6 Å². The highest BCUT2D eigenvalue weighted by atomic mass is 35.5. The zero-order valence-corrected chi connectivity index (χ0v) is 14.4. The number of benzene rings is 1. The van der Waals surface area contributed by atoms with Gasteiger partial charge in [0.05, 0.1) is 10.9 Å². The van der Waals surface area contributed by atoms with E-state index in [9.17, 15) is 14.9 Å². The molecule has 0 bridgehead atoms. The van der Waals surface area contributed by atoms with E-state index < -0.39 is 11.6 Å². The smallest absolute Gasteiger partial charge is 0.349 e. The molecule has 0 unspecified atom stereocenters. The second-order valence-electron chi connectivity index (χ2n) is 6.33. The van der Waals surface area contributed by atoms with Gasteiger partial charge in [-0.3, -0.25) is 4.79 Å². The lowest BCUT2D eigenvalue weighted by Crippen LogP contribution is -2.33. The Hall–Kier alpha value is -2.84. The largest absolute Gasteiger partial charge is 0.463 e. The Morgan fingerprint density at radius 3 is 2.76 bits per heavy atom. The van der Waals surface area contributed by atoms with Crippen molar-refractivity contribution in [2.45, 2.75) is 25.9 Å². The van der Waals surface area contributed by atoms with Gasteiger partial charge in [-0.15, -0.1) is 0 Å². The Bertz CT molecular complexity index is 1040. The molecule has 2 aromatic rings. The number of cyclic esters (lactones) is 1. The molecule has 3 rings (SSSR count). The molecule has 0 N–H and O–H groups in total. The Balaban J connectivity index is 2.06. The summed E-state index contributed by atoms with van der Waals surface area (Å²) in [6.45, 7) is 3.53. The molecule has 1 aliphatic rings. The fourth-order valence-electron chi connectivity index (χ4n) is 2.70. The molecule has 6 heteroatoms. The van der Waals surface area contributed by atoms with Crippen LogP contribution in [-0.4, -0.2) is 11.6 Å². The van der Waals surface area contributed by atoms with Crippen LogP contribution in [0.1, 0.15) is 25.8 Å². The Morgan fingerprint density at radius 2 is 2.04 bits per heavy atom. The van der Waals surface area contributed by atoms with E-state index in [1.165, 1.54) is 12.3 Å². The Kier molecular flexibility index (Phi) is 4.23. The normalized spacial score (nSPS) is 17.0.